The third kappa shape index (κ3) is 3.07. The molecule has 0 aliphatic carbocycles. The molecule has 0 fully saturated rings. The van der Waals surface area contributed by atoms with Gasteiger partial charge in [0.05, 0.1) is 18.0 Å². The first kappa shape index (κ1) is 12.1. The van der Waals surface area contributed by atoms with Crippen molar-refractivity contribution in [2.45, 2.75) is 6.92 Å². The summed E-state index contributed by atoms with van der Waals surface area (Å²) in [5, 5.41) is 5.83. The zero-order valence-corrected chi connectivity index (χ0v) is 10.0. The van der Waals surface area contributed by atoms with Crippen molar-refractivity contribution < 1.29 is 9.21 Å². The lowest BCUT2D eigenvalue weighted by Crippen LogP contribution is -2.29. The van der Waals surface area contributed by atoms with Crippen molar-refractivity contribution in [3.05, 3.63) is 42.2 Å². The number of carbonyl (C=O) groups excluding carboxylic acids is 1. The fraction of sp³-hybridized carbons (Fsp3) is 0.250. The molecule has 0 aliphatic rings. The number of nitrogens with one attached hydrogen (secondary N) is 2. The van der Waals surface area contributed by atoms with Gasteiger partial charge in [0.1, 0.15) is 11.6 Å². The Morgan fingerprint density at radius 2 is 2.28 bits per heavy atom. The van der Waals surface area contributed by atoms with E-state index in [1.807, 2.05) is 0 Å². The van der Waals surface area contributed by atoms with Gasteiger partial charge in [-0.2, -0.15) is 0 Å². The second-order valence-electron chi connectivity index (χ2n) is 3.66. The minimum absolute atomic E-state index is 0.137. The first-order chi connectivity index (χ1) is 8.77. The van der Waals surface area contributed by atoms with E-state index in [0.717, 1.165) is 0 Å². The van der Waals surface area contributed by atoms with Gasteiger partial charge < -0.3 is 15.1 Å². The van der Waals surface area contributed by atoms with E-state index in [9.17, 15) is 4.79 Å². The Morgan fingerprint density at radius 1 is 1.39 bits per heavy atom. The van der Waals surface area contributed by atoms with Crippen LogP contribution in [0.5, 0.6) is 0 Å². The monoisotopic (exact) mass is 246 g/mol. The molecule has 0 saturated carbocycles. The molecule has 2 rings (SSSR count). The molecule has 0 saturated heterocycles. The van der Waals surface area contributed by atoms with Crippen LogP contribution in [0.2, 0.25) is 0 Å². The van der Waals surface area contributed by atoms with Gasteiger partial charge >= 0.3 is 0 Å². The summed E-state index contributed by atoms with van der Waals surface area (Å²) in [4.78, 5) is 19.7. The molecule has 0 spiro atoms. The van der Waals surface area contributed by atoms with Gasteiger partial charge in [0.25, 0.3) is 5.91 Å². The molecular weight excluding hydrogens is 232 g/mol. The normalized spacial score (nSPS) is 10.1. The van der Waals surface area contributed by atoms with Crippen LogP contribution in [0.3, 0.4) is 0 Å². The van der Waals surface area contributed by atoms with Crippen LogP contribution in [0, 0.1) is 6.92 Å². The molecule has 0 aliphatic heterocycles. The Morgan fingerprint density at radius 3 is 2.94 bits per heavy atom. The zero-order valence-electron chi connectivity index (χ0n) is 10.0. The number of aromatic nitrogens is 2. The highest BCUT2D eigenvalue weighted by Crippen LogP contribution is 2.07. The minimum Gasteiger partial charge on any atom is -0.469 e. The first-order valence-corrected chi connectivity index (χ1v) is 5.59. The second kappa shape index (κ2) is 5.81. The highest BCUT2D eigenvalue weighted by Gasteiger charge is 2.09. The summed E-state index contributed by atoms with van der Waals surface area (Å²) in [6, 6.07) is 1.65. The van der Waals surface area contributed by atoms with Crippen LogP contribution in [0.15, 0.2) is 35.3 Å². The van der Waals surface area contributed by atoms with Crippen molar-refractivity contribution in [2.75, 3.05) is 18.4 Å². The first-order valence-electron chi connectivity index (χ1n) is 5.59. The summed E-state index contributed by atoms with van der Waals surface area (Å²) in [7, 11) is 0. The summed E-state index contributed by atoms with van der Waals surface area (Å²) in [6.45, 7) is 2.84. The van der Waals surface area contributed by atoms with Crippen LogP contribution in [0.1, 0.15) is 16.1 Å². The van der Waals surface area contributed by atoms with Crippen LogP contribution < -0.4 is 10.6 Å². The lowest BCUT2D eigenvalue weighted by Gasteiger charge is -2.06. The number of nitrogens with zero attached hydrogens (tertiary/aromatic N) is 2. The van der Waals surface area contributed by atoms with Crippen molar-refractivity contribution in [1.29, 1.82) is 0 Å². The predicted octanol–water partition coefficient (Wildman–Crippen LogP) is 1.22. The van der Waals surface area contributed by atoms with E-state index in [0.29, 0.717) is 30.2 Å². The topological polar surface area (TPSA) is 80.0 Å². The lowest BCUT2D eigenvalue weighted by molar-refractivity contribution is 0.0953. The van der Waals surface area contributed by atoms with Crippen LogP contribution >= 0.6 is 0 Å². The molecule has 0 bridgehead atoms. The smallest absolute Gasteiger partial charge is 0.254 e. The average molecular weight is 246 g/mol. The maximum atomic E-state index is 11.7. The van der Waals surface area contributed by atoms with Gasteiger partial charge in [0.2, 0.25) is 0 Å². The molecule has 2 heterocycles. The highest BCUT2D eigenvalue weighted by molar-refractivity contribution is 5.95. The number of aryl methyl sites for hydroxylation is 1. The third-order valence-corrected chi connectivity index (χ3v) is 2.38. The highest BCUT2D eigenvalue weighted by atomic mass is 16.3. The summed E-state index contributed by atoms with van der Waals surface area (Å²) in [5.74, 6) is 1.17. The maximum absolute atomic E-state index is 11.7. The number of anilines is 1. The molecule has 0 aromatic carbocycles. The van der Waals surface area contributed by atoms with E-state index in [4.69, 9.17) is 4.42 Å². The standard InChI is InChI=1S/C12H14N4O2/c1-9-10(2-7-18-9)12(17)16-6-5-15-11-8-13-3-4-14-11/h2-4,7-8H,5-6H2,1H3,(H,14,15)(H,16,17). The van der Waals surface area contributed by atoms with E-state index in [1.165, 1.54) is 6.26 Å². The molecule has 1 amide bonds. The number of carbonyl (C=O) groups is 1. The van der Waals surface area contributed by atoms with Gasteiger partial charge in [-0.05, 0) is 13.0 Å². The number of amides is 1. The van der Waals surface area contributed by atoms with Gasteiger partial charge in [0.15, 0.2) is 0 Å². The van der Waals surface area contributed by atoms with Gasteiger partial charge in [-0.1, -0.05) is 0 Å². The molecule has 94 valence electrons. The molecule has 6 heteroatoms. The van der Waals surface area contributed by atoms with Gasteiger partial charge in [-0.25, -0.2) is 4.98 Å². The Balaban J connectivity index is 1.73. The molecule has 2 aromatic rings. The minimum atomic E-state index is -0.137. The molecule has 0 radical (unpaired) electrons. The largest absolute Gasteiger partial charge is 0.469 e. The lowest BCUT2D eigenvalue weighted by atomic mass is 10.2. The SMILES string of the molecule is Cc1occc1C(=O)NCCNc1cnccn1. The van der Waals surface area contributed by atoms with Gasteiger partial charge in [-0.3, -0.25) is 9.78 Å². The number of rotatable bonds is 5. The van der Waals surface area contributed by atoms with E-state index in [-0.39, 0.29) is 5.91 Å². The average Bonchev–Trinajstić information content (AvgIpc) is 2.82. The van der Waals surface area contributed by atoms with Crippen molar-refractivity contribution in [3.63, 3.8) is 0 Å². The second-order valence-corrected chi connectivity index (χ2v) is 3.66. The predicted molar refractivity (Wildman–Crippen MR) is 66.3 cm³/mol. The van der Waals surface area contributed by atoms with Crippen molar-refractivity contribution in [1.82, 2.24) is 15.3 Å². The van der Waals surface area contributed by atoms with Gasteiger partial charge in [-0.15, -0.1) is 0 Å². The number of furan rings is 1. The van der Waals surface area contributed by atoms with E-state index < -0.39 is 0 Å². The van der Waals surface area contributed by atoms with E-state index in [2.05, 4.69) is 20.6 Å². The molecule has 2 aromatic heterocycles. The summed E-state index contributed by atoms with van der Waals surface area (Å²) >= 11 is 0. The number of hydrogen-bond acceptors (Lipinski definition) is 5. The van der Waals surface area contributed by atoms with Crippen molar-refractivity contribution in [3.8, 4) is 0 Å². The van der Waals surface area contributed by atoms with Crippen LogP contribution in [0.4, 0.5) is 5.82 Å². The fourth-order valence-corrected chi connectivity index (χ4v) is 1.47. The van der Waals surface area contributed by atoms with E-state index >= 15 is 0 Å². The number of hydrogen-bond donors (Lipinski definition) is 2. The molecule has 0 atom stereocenters. The Hall–Kier alpha value is -2.37. The molecule has 6 nitrogen and oxygen atoms in total. The summed E-state index contributed by atoms with van der Waals surface area (Å²) < 4.78 is 5.07. The Kier molecular flexibility index (Phi) is 3.90. The molecule has 0 unspecified atom stereocenters. The molecule has 18 heavy (non-hydrogen) atoms. The van der Waals surface area contributed by atoms with Gasteiger partial charge in [0, 0.05) is 25.5 Å². The van der Waals surface area contributed by atoms with Crippen LogP contribution in [0.25, 0.3) is 0 Å². The summed E-state index contributed by atoms with van der Waals surface area (Å²) in [5.41, 5.74) is 0.564. The zero-order chi connectivity index (χ0) is 12.8. The van der Waals surface area contributed by atoms with E-state index in [1.54, 1.807) is 31.6 Å². The summed E-state index contributed by atoms with van der Waals surface area (Å²) in [6.07, 6.45) is 6.34. The fourth-order valence-electron chi connectivity index (χ4n) is 1.47. The Labute approximate surface area is 104 Å². The molecular formula is C12H14N4O2. The van der Waals surface area contributed by atoms with Crippen LogP contribution in [-0.2, 0) is 0 Å². The molecule has 2 N–H and O–H groups in total. The van der Waals surface area contributed by atoms with Crippen LogP contribution in [-0.4, -0.2) is 29.0 Å². The maximum Gasteiger partial charge on any atom is 0.254 e. The van der Waals surface area contributed by atoms with Crippen molar-refractivity contribution in [2.24, 2.45) is 0 Å². The Bertz CT molecular complexity index is 510. The third-order valence-electron chi connectivity index (χ3n) is 2.38. The van der Waals surface area contributed by atoms with Crippen molar-refractivity contribution >= 4 is 11.7 Å². The quantitative estimate of drug-likeness (QED) is 0.775.